The third kappa shape index (κ3) is 5.78. The molecule has 1 aromatic carbocycles. The van der Waals surface area contributed by atoms with E-state index in [4.69, 9.17) is 0 Å². The molecule has 0 aliphatic heterocycles. The highest BCUT2D eigenvalue weighted by Crippen LogP contribution is 2.16. The molecular formula is C24H24N6. The molecule has 0 radical (unpaired) electrons. The Hall–Kier alpha value is -3.93. The normalized spacial score (nSPS) is 10.4. The van der Waals surface area contributed by atoms with E-state index >= 15 is 0 Å². The molecule has 0 aliphatic rings. The Balaban J connectivity index is 1.48. The van der Waals surface area contributed by atoms with Crippen LogP contribution in [0.15, 0.2) is 91.8 Å². The summed E-state index contributed by atoms with van der Waals surface area (Å²) in [5.41, 5.74) is 6.86. The van der Waals surface area contributed by atoms with Gasteiger partial charge in [0.2, 0.25) is 0 Å². The van der Waals surface area contributed by atoms with E-state index in [9.17, 15) is 0 Å². The minimum Gasteiger partial charge on any atom is -0.381 e. The number of anilines is 3. The number of nitrogens with one attached hydrogen (secondary N) is 3. The highest BCUT2D eigenvalue weighted by Gasteiger charge is 2.04. The van der Waals surface area contributed by atoms with Gasteiger partial charge in [0.05, 0.1) is 0 Å². The fourth-order valence-electron chi connectivity index (χ4n) is 3.17. The largest absolute Gasteiger partial charge is 0.381 e. The second-order valence-electron chi connectivity index (χ2n) is 6.93. The van der Waals surface area contributed by atoms with Crippen LogP contribution in [0.1, 0.15) is 16.7 Å². The molecule has 0 saturated heterocycles. The Morgan fingerprint density at radius 3 is 0.967 bits per heavy atom. The summed E-state index contributed by atoms with van der Waals surface area (Å²) in [4.78, 5) is 12.2. The van der Waals surface area contributed by atoms with Crippen LogP contribution >= 0.6 is 0 Å². The molecule has 0 saturated carbocycles. The van der Waals surface area contributed by atoms with Crippen molar-refractivity contribution in [3.8, 4) is 0 Å². The van der Waals surface area contributed by atoms with E-state index in [1.54, 1.807) is 37.2 Å². The SMILES string of the molecule is c1cc(NCc2cc(CNc3ccncc3)cc(CNc3ccncc3)c2)ccn1. The number of pyridine rings is 3. The van der Waals surface area contributed by atoms with Crippen molar-refractivity contribution >= 4 is 17.1 Å². The van der Waals surface area contributed by atoms with E-state index in [0.29, 0.717) is 0 Å². The fraction of sp³-hybridized carbons (Fsp3) is 0.125. The van der Waals surface area contributed by atoms with E-state index in [1.165, 1.54) is 16.7 Å². The lowest BCUT2D eigenvalue weighted by Crippen LogP contribution is -2.06. The summed E-state index contributed by atoms with van der Waals surface area (Å²) in [7, 11) is 0. The second-order valence-corrected chi connectivity index (χ2v) is 6.93. The maximum absolute atomic E-state index is 4.07. The lowest BCUT2D eigenvalue weighted by Gasteiger charge is -2.14. The van der Waals surface area contributed by atoms with Crippen molar-refractivity contribution in [2.24, 2.45) is 0 Å². The lowest BCUT2D eigenvalue weighted by molar-refractivity contribution is 1.05. The van der Waals surface area contributed by atoms with Gasteiger partial charge in [-0.1, -0.05) is 18.2 Å². The van der Waals surface area contributed by atoms with E-state index in [0.717, 1.165) is 36.7 Å². The molecule has 0 amide bonds. The summed E-state index contributed by atoms with van der Waals surface area (Å²) in [6.45, 7) is 2.24. The molecule has 30 heavy (non-hydrogen) atoms. The predicted molar refractivity (Wildman–Crippen MR) is 121 cm³/mol. The zero-order chi connectivity index (χ0) is 20.4. The molecule has 3 N–H and O–H groups in total. The van der Waals surface area contributed by atoms with Crippen molar-refractivity contribution in [2.45, 2.75) is 19.6 Å². The first-order valence-electron chi connectivity index (χ1n) is 9.88. The minimum atomic E-state index is 0.745. The number of hydrogen-bond donors (Lipinski definition) is 3. The Bertz CT molecular complexity index is 890. The number of nitrogens with zero attached hydrogens (tertiary/aromatic N) is 3. The molecule has 0 fully saturated rings. The third-order valence-electron chi connectivity index (χ3n) is 4.64. The zero-order valence-electron chi connectivity index (χ0n) is 16.6. The second kappa shape index (κ2) is 10.0. The number of benzene rings is 1. The number of rotatable bonds is 9. The van der Waals surface area contributed by atoms with Crippen LogP contribution in [-0.2, 0) is 19.6 Å². The van der Waals surface area contributed by atoms with Gasteiger partial charge in [0.15, 0.2) is 0 Å². The standard InChI is InChI=1S/C24H24N6/c1-7-25-8-2-22(1)28-16-19-13-20(17-29-23-3-9-26-10-4-23)15-21(14-19)18-30-24-5-11-27-12-6-24/h1-15H,16-18H2,(H,25,28)(H,26,29)(H,27,30). The van der Waals surface area contributed by atoms with Gasteiger partial charge in [-0.25, -0.2) is 0 Å². The molecule has 0 bridgehead atoms. The summed E-state index contributed by atoms with van der Waals surface area (Å²) >= 11 is 0. The van der Waals surface area contributed by atoms with Crippen LogP contribution in [0.4, 0.5) is 17.1 Å². The van der Waals surface area contributed by atoms with Crippen molar-refractivity contribution in [1.82, 2.24) is 15.0 Å². The van der Waals surface area contributed by atoms with Crippen LogP contribution in [-0.4, -0.2) is 15.0 Å². The Morgan fingerprint density at radius 1 is 0.433 bits per heavy atom. The van der Waals surface area contributed by atoms with Crippen LogP contribution in [0, 0.1) is 0 Å². The molecule has 3 aromatic heterocycles. The van der Waals surface area contributed by atoms with E-state index in [1.807, 2.05) is 36.4 Å². The summed E-state index contributed by atoms with van der Waals surface area (Å²) < 4.78 is 0. The van der Waals surface area contributed by atoms with Gasteiger partial charge in [-0.2, -0.15) is 0 Å². The van der Waals surface area contributed by atoms with Crippen LogP contribution < -0.4 is 16.0 Å². The quantitative estimate of drug-likeness (QED) is 0.381. The molecule has 6 heteroatoms. The highest BCUT2D eigenvalue weighted by molar-refractivity contribution is 5.46. The third-order valence-corrected chi connectivity index (χ3v) is 4.64. The van der Waals surface area contributed by atoms with Gasteiger partial charge in [-0.05, 0) is 53.1 Å². The molecule has 6 nitrogen and oxygen atoms in total. The van der Waals surface area contributed by atoms with Crippen LogP contribution in [0.3, 0.4) is 0 Å². The first-order valence-corrected chi connectivity index (χ1v) is 9.88. The van der Waals surface area contributed by atoms with Crippen molar-refractivity contribution in [3.05, 3.63) is 108 Å². The van der Waals surface area contributed by atoms with E-state index < -0.39 is 0 Å². The minimum absolute atomic E-state index is 0.745. The number of hydrogen-bond acceptors (Lipinski definition) is 6. The summed E-state index contributed by atoms with van der Waals surface area (Å²) in [5.74, 6) is 0. The van der Waals surface area contributed by atoms with Crippen molar-refractivity contribution in [1.29, 1.82) is 0 Å². The van der Waals surface area contributed by atoms with Gasteiger partial charge in [0.1, 0.15) is 0 Å². The van der Waals surface area contributed by atoms with Crippen LogP contribution in [0.5, 0.6) is 0 Å². The van der Waals surface area contributed by atoms with Gasteiger partial charge in [-0.3, -0.25) is 15.0 Å². The first-order chi connectivity index (χ1) is 14.8. The summed E-state index contributed by atoms with van der Waals surface area (Å²) in [6, 6.07) is 18.5. The lowest BCUT2D eigenvalue weighted by atomic mass is 10.0. The molecule has 0 unspecified atom stereocenters. The van der Waals surface area contributed by atoms with Crippen LogP contribution in [0.2, 0.25) is 0 Å². The average Bonchev–Trinajstić information content (AvgIpc) is 2.82. The Labute approximate surface area is 176 Å². The van der Waals surface area contributed by atoms with Crippen molar-refractivity contribution in [3.63, 3.8) is 0 Å². The maximum Gasteiger partial charge on any atom is 0.0401 e. The molecule has 150 valence electrons. The summed E-state index contributed by atoms with van der Waals surface area (Å²) in [6.07, 6.45) is 10.8. The number of aromatic nitrogens is 3. The van der Waals surface area contributed by atoms with Crippen LogP contribution in [0.25, 0.3) is 0 Å². The van der Waals surface area contributed by atoms with Gasteiger partial charge in [0.25, 0.3) is 0 Å². The van der Waals surface area contributed by atoms with E-state index in [-0.39, 0.29) is 0 Å². The van der Waals surface area contributed by atoms with Gasteiger partial charge < -0.3 is 16.0 Å². The zero-order valence-corrected chi connectivity index (χ0v) is 16.6. The van der Waals surface area contributed by atoms with Gasteiger partial charge in [0, 0.05) is 73.9 Å². The van der Waals surface area contributed by atoms with Crippen molar-refractivity contribution in [2.75, 3.05) is 16.0 Å². The Morgan fingerprint density at radius 2 is 0.700 bits per heavy atom. The average molecular weight is 396 g/mol. The molecule has 0 spiro atoms. The molecule has 3 heterocycles. The molecule has 0 aliphatic carbocycles. The topological polar surface area (TPSA) is 74.8 Å². The monoisotopic (exact) mass is 396 g/mol. The van der Waals surface area contributed by atoms with Gasteiger partial charge in [-0.15, -0.1) is 0 Å². The Kier molecular flexibility index (Phi) is 6.48. The predicted octanol–water partition coefficient (Wildman–Crippen LogP) is 4.71. The molecule has 4 rings (SSSR count). The first kappa shape index (κ1) is 19.4. The summed E-state index contributed by atoms with van der Waals surface area (Å²) in [5, 5.41) is 10.4. The highest BCUT2D eigenvalue weighted by atomic mass is 14.9. The molecular weight excluding hydrogens is 372 g/mol. The van der Waals surface area contributed by atoms with Crippen molar-refractivity contribution < 1.29 is 0 Å². The van der Waals surface area contributed by atoms with E-state index in [2.05, 4.69) is 49.1 Å². The molecule has 0 atom stereocenters. The fourth-order valence-corrected chi connectivity index (χ4v) is 3.17. The smallest absolute Gasteiger partial charge is 0.0401 e. The van der Waals surface area contributed by atoms with Gasteiger partial charge >= 0.3 is 0 Å². The molecule has 4 aromatic rings. The maximum atomic E-state index is 4.07.